The van der Waals surface area contributed by atoms with Gasteiger partial charge in [-0.2, -0.15) is 0 Å². The van der Waals surface area contributed by atoms with Crippen LogP contribution in [0.4, 0.5) is 0 Å². The molecule has 10 rings (SSSR count). The van der Waals surface area contributed by atoms with E-state index < -0.39 is 0 Å². The average molecular weight is 655 g/mol. The third kappa shape index (κ3) is 5.03. The molecule has 3 aliphatic carbocycles. The predicted octanol–water partition coefficient (Wildman–Crippen LogP) is 12.9. The van der Waals surface area contributed by atoms with Crippen LogP contribution in [0.3, 0.4) is 0 Å². The molecule has 0 heteroatoms. The van der Waals surface area contributed by atoms with E-state index in [1.54, 1.807) is 33.4 Å². The largest absolute Gasteiger partial charge is 0.0622 e. The molecule has 51 heavy (non-hydrogen) atoms. The third-order valence-corrected chi connectivity index (χ3v) is 12.2. The highest BCUT2D eigenvalue weighted by Crippen LogP contribution is 2.65. The zero-order valence-electron chi connectivity index (χ0n) is 29.1. The van der Waals surface area contributed by atoms with Crippen LogP contribution in [0, 0.1) is 0 Å². The van der Waals surface area contributed by atoms with Gasteiger partial charge >= 0.3 is 0 Å². The van der Waals surface area contributed by atoms with E-state index in [-0.39, 0.29) is 0 Å². The van der Waals surface area contributed by atoms with Crippen molar-refractivity contribution >= 4 is 0 Å². The second-order valence-corrected chi connectivity index (χ2v) is 14.9. The number of hydrogen-bond donors (Lipinski definition) is 0. The summed E-state index contributed by atoms with van der Waals surface area (Å²) < 4.78 is 0. The second kappa shape index (κ2) is 12.7. The summed E-state index contributed by atoms with van der Waals surface area (Å²) in [6.07, 6.45) is 6.54. The monoisotopic (exact) mass is 654 g/mol. The number of rotatable bonds is 9. The van der Waals surface area contributed by atoms with Gasteiger partial charge in [0.15, 0.2) is 0 Å². The van der Waals surface area contributed by atoms with Gasteiger partial charge in [0.1, 0.15) is 0 Å². The zero-order chi connectivity index (χ0) is 33.7. The number of benzene rings is 7. The van der Waals surface area contributed by atoms with E-state index in [4.69, 9.17) is 0 Å². The lowest BCUT2D eigenvalue weighted by Crippen LogP contribution is -2.07. The number of hydrogen-bond acceptors (Lipinski definition) is 0. The Kier molecular flexibility index (Phi) is 7.56. The standard InChI is InChI=1S/C51H42/c1-4-16-34(17-5-1)28-31-43-37-22-10-13-25-40(37)46-49(43)47-41-26-14-11-23-38(41)44(32-29-35-18-6-2-7-19-35)51(47)48-42-27-15-12-24-39(42)45(50(46)48)33-30-36-20-8-3-9-21-36/h1-27,43-45H,28-33H2/t43-,44-,45-/m1/s1. The lowest BCUT2D eigenvalue weighted by Gasteiger charge is -2.25. The fourth-order valence-electron chi connectivity index (χ4n) is 10.0. The van der Waals surface area contributed by atoms with Crippen LogP contribution in [0.15, 0.2) is 164 Å². The summed E-state index contributed by atoms with van der Waals surface area (Å²) in [6.45, 7) is 0. The molecule has 3 aliphatic rings. The van der Waals surface area contributed by atoms with Crippen molar-refractivity contribution < 1.29 is 0 Å². The Balaban J connectivity index is 1.23. The van der Waals surface area contributed by atoms with Gasteiger partial charge in [0.25, 0.3) is 0 Å². The average Bonchev–Trinajstić information content (AvgIpc) is 3.82. The molecular weight excluding hydrogens is 613 g/mol. The van der Waals surface area contributed by atoms with Gasteiger partial charge in [0.05, 0.1) is 0 Å². The van der Waals surface area contributed by atoms with Gasteiger partial charge in [-0.05, 0) is 122 Å². The summed E-state index contributed by atoms with van der Waals surface area (Å²) in [5, 5.41) is 0. The maximum absolute atomic E-state index is 2.44. The molecule has 0 nitrogen and oxygen atoms in total. The van der Waals surface area contributed by atoms with Crippen LogP contribution in [0.25, 0.3) is 33.4 Å². The fraction of sp³-hybridized carbons (Fsp3) is 0.176. The zero-order valence-corrected chi connectivity index (χ0v) is 29.1. The summed E-state index contributed by atoms with van der Waals surface area (Å²) >= 11 is 0. The van der Waals surface area contributed by atoms with Crippen LogP contribution in [-0.4, -0.2) is 0 Å². The molecule has 7 aromatic rings. The first kappa shape index (κ1) is 30.4. The molecule has 0 aromatic heterocycles. The Bertz CT molecular complexity index is 2080. The maximum atomic E-state index is 2.44. The van der Waals surface area contributed by atoms with Crippen LogP contribution in [0.1, 0.15) is 87.1 Å². The third-order valence-electron chi connectivity index (χ3n) is 12.2. The smallest absolute Gasteiger partial charge is 0.0111 e. The van der Waals surface area contributed by atoms with Crippen LogP contribution < -0.4 is 0 Å². The first-order valence-electron chi connectivity index (χ1n) is 19.0. The summed E-state index contributed by atoms with van der Waals surface area (Å²) in [5.74, 6) is 1.07. The summed E-state index contributed by atoms with van der Waals surface area (Å²) in [4.78, 5) is 0. The van der Waals surface area contributed by atoms with Crippen molar-refractivity contribution in [2.75, 3.05) is 0 Å². The van der Waals surface area contributed by atoms with Crippen molar-refractivity contribution in [3.63, 3.8) is 0 Å². The topological polar surface area (TPSA) is 0 Å². The molecule has 0 amide bonds. The molecule has 3 atom stereocenters. The van der Waals surface area contributed by atoms with Gasteiger partial charge in [0.2, 0.25) is 0 Å². The van der Waals surface area contributed by atoms with E-state index >= 15 is 0 Å². The Morgan fingerprint density at radius 1 is 0.275 bits per heavy atom. The van der Waals surface area contributed by atoms with E-state index in [9.17, 15) is 0 Å². The van der Waals surface area contributed by atoms with Crippen LogP contribution >= 0.6 is 0 Å². The Morgan fingerprint density at radius 2 is 0.529 bits per heavy atom. The lowest BCUT2D eigenvalue weighted by atomic mass is 9.78. The minimum atomic E-state index is 0.356. The van der Waals surface area contributed by atoms with Crippen molar-refractivity contribution in [1.82, 2.24) is 0 Å². The number of aryl methyl sites for hydroxylation is 3. The molecule has 0 N–H and O–H groups in total. The van der Waals surface area contributed by atoms with Crippen molar-refractivity contribution in [3.8, 4) is 33.4 Å². The molecular formula is C51H42. The SMILES string of the molecule is c1ccc(CC[C@@H]2c3ccccc3-c3c2c2c(c4c3[C@H](CCc3ccccc3)c3ccccc3-4)[C@H](CCc3ccccc3)c3ccccc3-2)cc1. The Labute approximate surface area is 302 Å². The molecule has 246 valence electrons. The molecule has 0 unspecified atom stereocenters. The first-order chi connectivity index (χ1) is 25.3. The molecule has 0 aliphatic heterocycles. The highest BCUT2D eigenvalue weighted by Gasteiger charge is 2.45. The molecule has 0 saturated carbocycles. The minimum Gasteiger partial charge on any atom is -0.0622 e. The maximum Gasteiger partial charge on any atom is 0.0111 e. The van der Waals surface area contributed by atoms with Gasteiger partial charge in [-0.25, -0.2) is 0 Å². The summed E-state index contributed by atoms with van der Waals surface area (Å²) in [5.41, 5.74) is 22.7. The first-order valence-corrected chi connectivity index (χ1v) is 19.0. The summed E-state index contributed by atoms with van der Waals surface area (Å²) in [6, 6.07) is 61.7. The Hall–Kier alpha value is -5.46. The van der Waals surface area contributed by atoms with Crippen molar-refractivity contribution in [2.24, 2.45) is 0 Å². The van der Waals surface area contributed by atoms with E-state index in [2.05, 4.69) is 164 Å². The second-order valence-electron chi connectivity index (χ2n) is 14.9. The minimum absolute atomic E-state index is 0.356. The molecule has 0 saturated heterocycles. The van der Waals surface area contributed by atoms with E-state index in [1.165, 1.54) is 50.1 Å². The van der Waals surface area contributed by atoms with Gasteiger partial charge in [-0.3, -0.25) is 0 Å². The van der Waals surface area contributed by atoms with E-state index in [1.807, 2.05) is 0 Å². The van der Waals surface area contributed by atoms with Gasteiger partial charge in [-0.15, -0.1) is 0 Å². The van der Waals surface area contributed by atoms with Gasteiger partial charge in [-0.1, -0.05) is 164 Å². The quantitative estimate of drug-likeness (QED) is 0.145. The molecule has 0 heterocycles. The van der Waals surface area contributed by atoms with Crippen molar-refractivity contribution in [3.05, 3.63) is 214 Å². The molecule has 0 fully saturated rings. The van der Waals surface area contributed by atoms with Crippen molar-refractivity contribution in [2.45, 2.75) is 56.3 Å². The normalized spacial score (nSPS) is 17.3. The molecule has 0 spiro atoms. The highest BCUT2D eigenvalue weighted by molar-refractivity contribution is 6.02. The lowest BCUT2D eigenvalue weighted by molar-refractivity contribution is 0.712. The highest BCUT2D eigenvalue weighted by atomic mass is 14.5. The Morgan fingerprint density at radius 3 is 0.824 bits per heavy atom. The molecule has 7 aromatic carbocycles. The molecule has 0 bridgehead atoms. The molecule has 0 radical (unpaired) electrons. The van der Waals surface area contributed by atoms with E-state index in [0.29, 0.717) is 17.8 Å². The van der Waals surface area contributed by atoms with Crippen LogP contribution in [-0.2, 0) is 19.3 Å². The fourth-order valence-corrected chi connectivity index (χ4v) is 10.0. The van der Waals surface area contributed by atoms with Crippen molar-refractivity contribution in [1.29, 1.82) is 0 Å². The van der Waals surface area contributed by atoms with Gasteiger partial charge < -0.3 is 0 Å². The van der Waals surface area contributed by atoms with Gasteiger partial charge in [0, 0.05) is 17.8 Å². The summed E-state index contributed by atoms with van der Waals surface area (Å²) in [7, 11) is 0. The van der Waals surface area contributed by atoms with Crippen LogP contribution in [0.2, 0.25) is 0 Å². The van der Waals surface area contributed by atoms with Crippen LogP contribution in [0.5, 0.6) is 0 Å². The predicted molar refractivity (Wildman–Crippen MR) is 213 cm³/mol. The number of fused-ring (bicyclic) bond motifs is 12. The van der Waals surface area contributed by atoms with E-state index in [0.717, 1.165) is 38.5 Å².